The highest BCUT2D eigenvalue weighted by Crippen LogP contribution is 2.13. The van der Waals surface area contributed by atoms with E-state index in [4.69, 9.17) is 9.84 Å². The van der Waals surface area contributed by atoms with Crippen LogP contribution in [0.4, 0.5) is 0 Å². The number of benzene rings is 1. The van der Waals surface area contributed by atoms with Crippen LogP contribution < -0.4 is 4.74 Å². The molecular formula is C13H14N2O3. The molecule has 0 spiro atoms. The fourth-order valence-electron chi connectivity index (χ4n) is 1.59. The minimum Gasteiger partial charge on any atom is -0.487 e. The molecule has 0 atom stereocenters. The second-order valence-corrected chi connectivity index (χ2v) is 4.07. The zero-order valence-electron chi connectivity index (χ0n) is 10.3. The first kappa shape index (κ1) is 12.2. The lowest BCUT2D eigenvalue weighted by molar-refractivity contribution is 0.0679. The van der Waals surface area contributed by atoms with Gasteiger partial charge in [-0.25, -0.2) is 9.78 Å². The zero-order chi connectivity index (χ0) is 13.1. The molecule has 0 aliphatic carbocycles. The number of ether oxygens (including phenoxy) is 1. The van der Waals surface area contributed by atoms with E-state index in [-0.39, 0.29) is 12.4 Å². The Morgan fingerprint density at radius 1 is 1.39 bits per heavy atom. The minimum absolute atomic E-state index is 0.0116. The van der Waals surface area contributed by atoms with Crippen molar-refractivity contribution in [2.75, 3.05) is 0 Å². The van der Waals surface area contributed by atoms with Gasteiger partial charge in [0.1, 0.15) is 12.4 Å². The SMILES string of the molecule is Cc1ccc(OCc2cn(C)c(C(=O)O)n2)cc1. The largest absolute Gasteiger partial charge is 0.487 e. The number of imidazole rings is 1. The molecular weight excluding hydrogens is 232 g/mol. The van der Waals surface area contributed by atoms with Crippen LogP contribution in [-0.2, 0) is 13.7 Å². The molecule has 0 aliphatic heterocycles. The summed E-state index contributed by atoms with van der Waals surface area (Å²) in [5.41, 5.74) is 1.75. The monoisotopic (exact) mass is 246 g/mol. The predicted octanol–water partition coefficient (Wildman–Crippen LogP) is 2.01. The lowest BCUT2D eigenvalue weighted by Crippen LogP contribution is -2.05. The van der Waals surface area contributed by atoms with E-state index < -0.39 is 5.97 Å². The average Bonchev–Trinajstić information content (AvgIpc) is 2.70. The Bertz CT molecular complexity index is 558. The summed E-state index contributed by atoms with van der Waals surface area (Å²) in [4.78, 5) is 14.8. The molecule has 5 heteroatoms. The van der Waals surface area contributed by atoms with Crippen LogP contribution in [0.25, 0.3) is 0 Å². The van der Waals surface area contributed by atoms with Crippen LogP contribution in [0.5, 0.6) is 5.75 Å². The molecule has 0 saturated carbocycles. The normalized spacial score (nSPS) is 10.3. The lowest BCUT2D eigenvalue weighted by atomic mass is 10.2. The van der Waals surface area contributed by atoms with Crippen molar-refractivity contribution in [2.45, 2.75) is 13.5 Å². The van der Waals surface area contributed by atoms with Crippen LogP contribution in [0.3, 0.4) is 0 Å². The molecule has 18 heavy (non-hydrogen) atoms. The van der Waals surface area contributed by atoms with Crippen molar-refractivity contribution in [3.05, 3.63) is 47.5 Å². The van der Waals surface area contributed by atoms with Crippen LogP contribution >= 0.6 is 0 Å². The maximum absolute atomic E-state index is 10.8. The van der Waals surface area contributed by atoms with Crippen molar-refractivity contribution in [3.8, 4) is 5.75 Å². The third kappa shape index (κ3) is 2.68. The first-order valence-electron chi connectivity index (χ1n) is 5.51. The summed E-state index contributed by atoms with van der Waals surface area (Å²) in [6.07, 6.45) is 1.65. The molecule has 1 aromatic carbocycles. The highest BCUT2D eigenvalue weighted by atomic mass is 16.5. The third-order valence-corrected chi connectivity index (χ3v) is 2.53. The van der Waals surface area contributed by atoms with Crippen molar-refractivity contribution in [2.24, 2.45) is 7.05 Å². The summed E-state index contributed by atoms with van der Waals surface area (Å²) < 4.78 is 6.99. The van der Waals surface area contributed by atoms with Gasteiger partial charge in [0.15, 0.2) is 0 Å². The van der Waals surface area contributed by atoms with Crippen LogP contribution in [-0.4, -0.2) is 20.6 Å². The van der Waals surface area contributed by atoms with E-state index in [1.54, 1.807) is 13.2 Å². The minimum atomic E-state index is -1.04. The second kappa shape index (κ2) is 4.91. The Kier molecular flexibility index (Phi) is 3.32. The molecule has 0 radical (unpaired) electrons. The van der Waals surface area contributed by atoms with E-state index in [1.165, 1.54) is 4.57 Å². The summed E-state index contributed by atoms with van der Waals surface area (Å²) in [5.74, 6) is -0.292. The number of carboxylic acids is 1. The molecule has 1 N–H and O–H groups in total. The Morgan fingerprint density at radius 3 is 2.61 bits per heavy atom. The van der Waals surface area contributed by atoms with E-state index >= 15 is 0 Å². The fraction of sp³-hybridized carbons (Fsp3) is 0.231. The number of hydrogen-bond acceptors (Lipinski definition) is 3. The Hall–Kier alpha value is -2.30. The van der Waals surface area contributed by atoms with Gasteiger partial charge in [-0.05, 0) is 19.1 Å². The number of rotatable bonds is 4. The van der Waals surface area contributed by atoms with Gasteiger partial charge in [0.25, 0.3) is 0 Å². The van der Waals surface area contributed by atoms with Crippen molar-refractivity contribution >= 4 is 5.97 Å². The van der Waals surface area contributed by atoms with Gasteiger partial charge in [-0.15, -0.1) is 0 Å². The molecule has 0 saturated heterocycles. The van der Waals surface area contributed by atoms with Crippen LogP contribution in [0.15, 0.2) is 30.5 Å². The standard InChI is InChI=1S/C13H14N2O3/c1-9-3-5-11(6-4-9)18-8-10-7-15(2)12(14-10)13(16)17/h3-7H,8H2,1-2H3,(H,16,17). The molecule has 0 amide bonds. The van der Waals surface area contributed by atoms with Gasteiger partial charge < -0.3 is 14.4 Å². The molecule has 5 nitrogen and oxygen atoms in total. The number of nitrogens with zero attached hydrogens (tertiary/aromatic N) is 2. The van der Waals surface area contributed by atoms with Gasteiger partial charge in [0.2, 0.25) is 5.82 Å². The quantitative estimate of drug-likeness (QED) is 0.896. The average molecular weight is 246 g/mol. The molecule has 0 bridgehead atoms. The maximum Gasteiger partial charge on any atom is 0.372 e. The van der Waals surface area contributed by atoms with Gasteiger partial charge in [-0.1, -0.05) is 17.7 Å². The summed E-state index contributed by atoms with van der Waals surface area (Å²) in [6, 6.07) is 7.65. The molecule has 0 fully saturated rings. The third-order valence-electron chi connectivity index (χ3n) is 2.53. The van der Waals surface area contributed by atoms with Crippen LogP contribution in [0.2, 0.25) is 0 Å². The van der Waals surface area contributed by atoms with E-state index in [9.17, 15) is 4.79 Å². The van der Waals surface area contributed by atoms with Crippen LogP contribution in [0, 0.1) is 6.92 Å². The number of aromatic nitrogens is 2. The first-order chi connectivity index (χ1) is 8.56. The number of hydrogen-bond donors (Lipinski definition) is 1. The summed E-state index contributed by atoms with van der Waals surface area (Å²) in [7, 11) is 1.64. The number of carbonyl (C=O) groups is 1. The van der Waals surface area contributed by atoms with E-state index in [1.807, 2.05) is 31.2 Å². The van der Waals surface area contributed by atoms with Gasteiger partial charge in [0.05, 0.1) is 5.69 Å². The summed E-state index contributed by atoms with van der Waals surface area (Å²) in [5, 5.41) is 8.87. The van der Waals surface area contributed by atoms with Crippen molar-refractivity contribution in [3.63, 3.8) is 0 Å². The second-order valence-electron chi connectivity index (χ2n) is 4.07. The molecule has 1 aromatic heterocycles. The topological polar surface area (TPSA) is 64.3 Å². The number of aromatic carboxylic acids is 1. The summed E-state index contributed by atoms with van der Waals surface area (Å²) >= 11 is 0. The van der Waals surface area contributed by atoms with E-state index in [0.717, 1.165) is 11.3 Å². The van der Waals surface area contributed by atoms with Crippen molar-refractivity contribution < 1.29 is 14.6 Å². The highest BCUT2D eigenvalue weighted by Gasteiger charge is 2.12. The highest BCUT2D eigenvalue weighted by molar-refractivity contribution is 5.83. The Balaban J connectivity index is 2.04. The van der Waals surface area contributed by atoms with Gasteiger partial charge in [-0.3, -0.25) is 0 Å². The maximum atomic E-state index is 10.8. The Morgan fingerprint density at radius 2 is 2.06 bits per heavy atom. The van der Waals surface area contributed by atoms with Gasteiger partial charge >= 0.3 is 5.97 Å². The molecule has 2 aromatic rings. The van der Waals surface area contributed by atoms with E-state index in [0.29, 0.717) is 5.69 Å². The molecule has 0 aliphatic rings. The van der Waals surface area contributed by atoms with E-state index in [2.05, 4.69) is 4.98 Å². The lowest BCUT2D eigenvalue weighted by Gasteiger charge is -2.03. The molecule has 2 rings (SSSR count). The van der Waals surface area contributed by atoms with Crippen molar-refractivity contribution in [1.82, 2.24) is 9.55 Å². The smallest absolute Gasteiger partial charge is 0.372 e. The molecule has 94 valence electrons. The number of carboxylic acid groups (broad SMARTS) is 1. The summed E-state index contributed by atoms with van der Waals surface area (Å²) in [6.45, 7) is 2.26. The van der Waals surface area contributed by atoms with Gasteiger partial charge in [-0.2, -0.15) is 0 Å². The predicted molar refractivity (Wildman–Crippen MR) is 65.7 cm³/mol. The first-order valence-corrected chi connectivity index (χ1v) is 5.51. The van der Waals surface area contributed by atoms with Crippen LogP contribution in [0.1, 0.15) is 21.9 Å². The fourth-order valence-corrected chi connectivity index (χ4v) is 1.59. The Labute approximate surface area is 105 Å². The molecule has 0 unspecified atom stereocenters. The number of aryl methyl sites for hydroxylation is 2. The van der Waals surface area contributed by atoms with Crippen molar-refractivity contribution in [1.29, 1.82) is 0 Å². The van der Waals surface area contributed by atoms with Gasteiger partial charge in [0, 0.05) is 13.2 Å². The zero-order valence-corrected chi connectivity index (χ0v) is 10.3. The molecule has 1 heterocycles.